The van der Waals surface area contributed by atoms with E-state index in [-0.39, 0.29) is 11.8 Å². The summed E-state index contributed by atoms with van der Waals surface area (Å²) in [6.45, 7) is 0.755. The van der Waals surface area contributed by atoms with Crippen molar-refractivity contribution < 1.29 is 4.79 Å². The highest BCUT2D eigenvalue weighted by Crippen LogP contribution is 2.30. The minimum absolute atomic E-state index is 0.138. The molecule has 1 saturated carbocycles. The molecule has 1 aliphatic carbocycles. The summed E-state index contributed by atoms with van der Waals surface area (Å²) in [5.74, 6) is 0.371. The van der Waals surface area contributed by atoms with Gasteiger partial charge in [0.25, 0.3) is 0 Å². The Bertz CT molecular complexity index is 605. The molecule has 2 aromatic rings. The van der Waals surface area contributed by atoms with Crippen molar-refractivity contribution in [1.82, 2.24) is 0 Å². The summed E-state index contributed by atoms with van der Waals surface area (Å²) in [6.07, 6.45) is 2.05. The molecular formula is C15H15ClN2OS. The Hall–Kier alpha value is -1.52. The molecule has 2 N–H and O–H groups in total. The molecule has 0 bridgehead atoms. The van der Waals surface area contributed by atoms with E-state index in [2.05, 4.69) is 10.6 Å². The third-order valence-electron chi connectivity index (χ3n) is 3.19. The molecule has 1 aromatic carbocycles. The fourth-order valence-corrected chi connectivity index (χ4v) is 2.91. The first-order valence-corrected chi connectivity index (χ1v) is 7.84. The molecule has 1 amide bonds. The highest BCUT2D eigenvalue weighted by molar-refractivity contribution is 7.10. The van der Waals surface area contributed by atoms with Crippen LogP contribution in [0.2, 0.25) is 5.02 Å². The molecule has 1 fully saturated rings. The van der Waals surface area contributed by atoms with E-state index in [0.717, 1.165) is 35.8 Å². The van der Waals surface area contributed by atoms with Crippen LogP contribution in [0.3, 0.4) is 0 Å². The molecule has 0 unspecified atom stereocenters. The predicted octanol–water partition coefficient (Wildman–Crippen LogP) is 4.36. The molecule has 0 aliphatic heterocycles. The van der Waals surface area contributed by atoms with Crippen LogP contribution in [0.5, 0.6) is 0 Å². The molecule has 5 heteroatoms. The normalized spacial score (nSPS) is 14.1. The van der Waals surface area contributed by atoms with Crippen molar-refractivity contribution in [3.8, 4) is 0 Å². The number of amides is 1. The van der Waals surface area contributed by atoms with Gasteiger partial charge in [-0.25, -0.2) is 0 Å². The standard InChI is InChI=1S/C15H15ClN2OS/c16-11-7-14(20-9-11)8-17-12-3-5-13(6-4-12)18-15(19)10-1-2-10/h3-7,9-10,17H,1-2,8H2,(H,18,19). The minimum Gasteiger partial charge on any atom is -0.380 e. The Morgan fingerprint density at radius 1 is 1.25 bits per heavy atom. The van der Waals surface area contributed by atoms with Gasteiger partial charge in [-0.05, 0) is 43.2 Å². The molecule has 0 atom stereocenters. The molecule has 1 aromatic heterocycles. The smallest absolute Gasteiger partial charge is 0.227 e. The van der Waals surface area contributed by atoms with Gasteiger partial charge in [-0.2, -0.15) is 0 Å². The number of carbonyl (C=O) groups is 1. The molecule has 0 spiro atoms. The van der Waals surface area contributed by atoms with E-state index < -0.39 is 0 Å². The van der Waals surface area contributed by atoms with Gasteiger partial charge in [-0.1, -0.05) is 11.6 Å². The number of hydrogen-bond donors (Lipinski definition) is 2. The van der Waals surface area contributed by atoms with Crippen LogP contribution >= 0.6 is 22.9 Å². The first-order valence-electron chi connectivity index (χ1n) is 6.58. The molecule has 3 nitrogen and oxygen atoms in total. The van der Waals surface area contributed by atoms with Crippen molar-refractivity contribution in [3.05, 3.63) is 45.6 Å². The molecule has 1 heterocycles. The van der Waals surface area contributed by atoms with E-state index in [1.54, 1.807) is 11.3 Å². The van der Waals surface area contributed by atoms with Crippen molar-refractivity contribution in [2.45, 2.75) is 19.4 Å². The summed E-state index contributed by atoms with van der Waals surface area (Å²) in [6, 6.07) is 9.74. The van der Waals surface area contributed by atoms with Crippen molar-refractivity contribution in [2.75, 3.05) is 10.6 Å². The minimum atomic E-state index is 0.138. The van der Waals surface area contributed by atoms with E-state index in [4.69, 9.17) is 11.6 Å². The van der Waals surface area contributed by atoms with E-state index in [0.29, 0.717) is 0 Å². The lowest BCUT2D eigenvalue weighted by Gasteiger charge is -2.07. The SMILES string of the molecule is O=C(Nc1ccc(NCc2cc(Cl)cs2)cc1)C1CC1. The third-order valence-corrected chi connectivity index (χ3v) is 4.47. The van der Waals surface area contributed by atoms with Crippen molar-refractivity contribution in [3.63, 3.8) is 0 Å². The Balaban J connectivity index is 1.54. The predicted molar refractivity (Wildman–Crippen MR) is 84.5 cm³/mol. The lowest BCUT2D eigenvalue weighted by atomic mass is 10.2. The number of halogens is 1. The maximum atomic E-state index is 11.6. The van der Waals surface area contributed by atoms with Gasteiger partial charge in [0.1, 0.15) is 0 Å². The van der Waals surface area contributed by atoms with E-state index >= 15 is 0 Å². The van der Waals surface area contributed by atoms with Crippen molar-refractivity contribution in [2.24, 2.45) is 5.92 Å². The van der Waals surface area contributed by atoms with Crippen LogP contribution < -0.4 is 10.6 Å². The van der Waals surface area contributed by atoms with Gasteiger partial charge in [0.2, 0.25) is 5.91 Å². The average molecular weight is 307 g/mol. The first kappa shape index (κ1) is 13.5. The number of carbonyl (C=O) groups excluding carboxylic acids is 1. The molecule has 0 saturated heterocycles. The second kappa shape index (κ2) is 5.85. The zero-order valence-corrected chi connectivity index (χ0v) is 12.4. The Kier molecular flexibility index (Phi) is 3.94. The lowest BCUT2D eigenvalue weighted by Crippen LogP contribution is -2.13. The van der Waals surface area contributed by atoms with Crippen LogP contribution in [-0.2, 0) is 11.3 Å². The summed E-state index contributed by atoms with van der Waals surface area (Å²) >= 11 is 7.52. The van der Waals surface area contributed by atoms with Crippen LogP contribution in [0.15, 0.2) is 35.7 Å². The number of hydrogen-bond acceptors (Lipinski definition) is 3. The highest BCUT2D eigenvalue weighted by atomic mass is 35.5. The number of rotatable bonds is 5. The summed E-state index contributed by atoms with van der Waals surface area (Å²) in [4.78, 5) is 12.8. The maximum Gasteiger partial charge on any atom is 0.227 e. The summed E-state index contributed by atoms with van der Waals surface area (Å²) in [7, 11) is 0. The maximum absolute atomic E-state index is 11.6. The van der Waals surface area contributed by atoms with Crippen LogP contribution in [0.25, 0.3) is 0 Å². The van der Waals surface area contributed by atoms with Crippen LogP contribution in [0.1, 0.15) is 17.7 Å². The number of anilines is 2. The molecule has 1 aliphatic rings. The topological polar surface area (TPSA) is 41.1 Å². The Labute approximate surface area is 127 Å². The third kappa shape index (κ3) is 3.52. The average Bonchev–Trinajstić information content (AvgIpc) is 3.22. The van der Waals surface area contributed by atoms with Gasteiger partial charge >= 0.3 is 0 Å². The Morgan fingerprint density at radius 3 is 2.55 bits per heavy atom. The van der Waals surface area contributed by atoms with Gasteiger partial charge in [-0.3, -0.25) is 4.79 Å². The molecular weight excluding hydrogens is 292 g/mol. The number of benzene rings is 1. The molecule has 20 heavy (non-hydrogen) atoms. The van der Waals surface area contributed by atoms with Crippen molar-refractivity contribution >= 4 is 40.2 Å². The number of thiophene rings is 1. The Morgan fingerprint density at radius 2 is 1.95 bits per heavy atom. The summed E-state index contributed by atoms with van der Waals surface area (Å²) in [5.41, 5.74) is 1.88. The van der Waals surface area contributed by atoms with Crippen molar-refractivity contribution in [1.29, 1.82) is 0 Å². The summed E-state index contributed by atoms with van der Waals surface area (Å²) in [5, 5.41) is 8.96. The molecule has 104 valence electrons. The van der Waals surface area contributed by atoms with Gasteiger partial charge in [0.05, 0.1) is 5.02 Å². The van der Waals surface area contributed by atoms with Gasteiger partial charge in [0.15, 0.2) is 0 Å². The van der Waals surface area contributed by atoms with Gasteiger partial charge in [0, 0.05) is 34.1 Å². The molecule has 0 radical (unpaired) electrons. The quantitative estimate of drug-likeness (QED) is 0.861. The second-order valence-electron chi connectivity index (χ2n) is 4.93. The number of nitrogens with one attached hydrogen (secondary N) is 2. The lowest BCUT2D eigenvalue weighted by molar-refractivity contribution is -0.117. The van der Waals surface area contributed by atoms with Gasteiger partial charge < -0.3 is 10.6 Å². The van der Waals surface area contributed by atoms with E-state index in [1.807, 2.05) is 35.7 Å². The largest absolute Gasteiger partial charge is 0.380 e. The van der Waals surface area contributed by atoms with Crippen LogP contribution in [0, 0.1) is 5.92 Å². The monoisotopic (exact) mass is 306 g/mol. The van der Waals surface area contributed by atoms with E-state index in [9.17, 15) is 4.79 Å². The van der Waals surface area contributed by atoms with E-state index in [1.165, 1.54) is 4.88 Å². The van der Waals surface area contributed by atoms with Crippen LogP contribution in [0.4, 0.5) is 11.4 Å². The second-order valence-corrected chi connectivity index (χ2v) is 6.36. The zero-order valence-electron chi connectivity index (χ0n) is 10.9. The fourth-order valence-electron chi connectivity index (χ4n) is 1.90. The fraction of sp³-hybridized carbons (Fsp3) is 0.267. The van der Waals surface area contributed by atoms with Crippen LogP contribution in [-0.4, -0.2) is 5.91 Å². The zero-order chi connectivity index (χ0) is 13.9. The van der Waals surface area contributed by atoms with Gasteiger partial charge in [-0.15, -0.1) is 11.3 Å². The summed E-state index contributed by atoms with van der Waals surface area (Å²) < 4.78 is 0. The first-order chi connectivity index (χ1) is 9.70. The highest BCUT2D eigenvalue weighted by Gasteiger charge is 2.29. The molecule has 3 rings (SSSR count).